The lowest BCUT2D eigenvalue weighted by Gasteiger charge is -2.36. The van der Waals surface area contributed by atoms with Crippen LogP contribution in [-0.4, -0.2) is 60.6 Å². The van der Waals surface area contributed by atoms with Crippen molar-refractivity contribution in [3.05, 3.63) is 0 Å². The van der Waals surface area contributed by atoms with Gasteiger partial charge in [0.15, 0.2) is 0 Å². The molecule has 3 heterocycles. The fraction of sp³-hybridized carbons (Fsp3) is 0.923. The highest BCUT2D eigenvalue weighted by atomic mass is 16.6. The molecule has 3 fully saturated rings. The number of piperidine rings is 1. The van der Waals surface area contributed by atoms with Gasteiger partial charge in [0.05, 0.1) is 18.8 Å². The van der Waals surface area contributed by atoms with Gasteiger partial charge in [-0.15, -0.1) is 0 Å². The van der Waals surface area contributed by atoms with E-state index in [1.54, 1.807) is 0 Å². The molecule has 3 aliphatic rings. The van der Waals surface area contributed by atoms with E-state index in [0.717, 1.165) is 39.2 Å². The highest BCUT2D eigenvalue weighted by Gasteiger charge is 2.36. The van der Waals surface area contributed by atoms with Gasteiger partial charge in [-0.3, -0.25) is 9.69 Å². The molecule has 96 valence electrons. The molecule has 1 amide bonds. The average molecular weight is 238 g/mol. The van der Waals surface area contributed by atoms with Crippen molar-refractivity contribution < 1.29 is 9.53 Å². The first-order chi connectivity index (χ1) is 8.34. The minimum atomic E-state index is 0.144. The summed E-state index contributed by atoms with van der Waals surface area (Å²) in [4.78, 5) is 16.9. The Kier molecular flexibility index (Phi) is 3.34. The Balaban J connectivity index is 1.62. The fourth-order valence-electron chi connectivity index (χ4n) is 3.07. The van der Waals surface area contributed by atoms with E-state index in [0.29, 0.717) is 12.0 Å². The maximum absolute atomic E-state index is 12.5. The molecule has 0 spiro atoms. The van der Waals surface area contributed by atoms with Crippen LogP contribution in [0.5, 0.6) is 0 Å². The van der Waals surface area contributed by atoms with Gasteiger partial charge in [-0.05, 0) is 32.2 Å². The van der Waals surface area contributed by atoms with Crippen molar-refractivity contribution in [1.29, 1.82) is 0 Å². The van der Waals surface area contributed by atoms with Crippen LogP contribution in [0.3, 0.4) is 0 Å². The lowest BCUT2D eigenvalue weighted by Crippen LogP contribution is -2.51. The first kappa shape index (κ1) is 11.5. The van der Waals surface area contributed by atoms with Crippen molar-refractivity contribution in [3.8, 4) is 0 Å². The molecule has 2 unspecified atom stereocenters. The van der Waals surface area contributed by atoms with Crippen LogP contribution in [0.2, 0.25) is 0 Å². The number of hydrogen-bond acceptors (Lipinski definition) is 3. The van der Waals surface area contributed by atoms with Crippen molar-refractivity contribution in [3.63, 3.8) is 0 Å². The molecule has 0 aliphatic carbocycles. The molecule has 4 heteroatoms. The second-order valence-corrected chi connectivity index (χ2v) is 5.49. The number of epoxide rings is 1. The van der Waals surface area contributed by atoms with Gasteiger partial charge < -0.3 is 9.64 Å². The van der Waals surface area contributed by atoms with E-state index in [-0.39, 0.29) is 6.04 Å². The van der Waals surface area contributed by atoms with Gasteiger partial charge >= 0.3 is 0 Å². The van der Waals surface area contributed by atoms with Gasteiger partial charge in [0.1, 0.15) is 0 Å². The Hall–Kier alpha value is -0.610. The van der Waals surface area contributed by atoms with Crippen molar-refractivity contribution in [2.75, 3.05) is 32.8 Å². The minimum Gasteiger partial charge on any atom is -0.372 e. The highest BCUT2D eigenvalue weighted by molar-refractivity contribution is 5.82. The van der Waals surface area contributed by atoms with Crippen LogP contribution in [0.25, 0.3) is 0 Å². The average Bonchev–Trinajstić information content (AvgIpc) is 3.00. The van der Waals surface area contributed by atoms with Crippen LogP contribution in [0.1, 0.15) is 32.1 Å². The Morgan fingerprint density at radius 1 is 1.12 bits per heavy atom. The first-order valence-corrected chi connectivity index (χ1v) is 6.99. The van der Waals surface area contributed by atoms with Gasteiger partial charge in [-0.1, -0.05) is 6.42 Å². The molecule has 0 aromatic rings. The molecule has 0 bridgehead atoms. The third-order valence-electron chi connectivity index (χ3n) is 4.16. The Morgan fingerprint density at radius 3 is 2.53 bits per heavy atom. The van der Waals surface area contributed by atoms with E-state index in [1.807, 2.05) is 0 Å². The molecule has 0 aromatic carbocycles. The zero-order valence-corrected chi connectivity index (χ0v) is 10.4. The van der Waals surface area contributed by atoms with Crippen LogP contribution in [0.4, 0.5) is 0 Å². The lowest BCUT2D eigenvalue weighted by atomic mass is 10.0. The second kappa shape index (κ2) is 4.94. The third kappa shape index (κ3) is 2.63. The lowest BCUT2D eigenvalue weighted by molar-refractivity contribution is -0.137. The summed E-state index contributed by atoms with van der Waals surface area (Å²) in [6, 6.07) is 0.144. The van der Waals surface area contributed by atoms with Crippen LogP contribution >= 0.6 is 0 Å². The fourth-order valence-corrected chi connectivity index (χ4v) is 3.07. The number of amides is 1. The van der Waals surface area contributed by atoms with E-state index in [4.69, 9.17) is 4.74 Å². The normalized spacial score (nSPS) is 34.0. The van der Waals surface area contributed by atoms with Gasteiger partial charge in [0.2, 0.25) is 5.91 Å². The summed E-state index contributed by atoms with van der Waals surface area (Å²) < 4.78 is 5.30. The van der Waals surface area contributed by atoms with Gasteiger partial charge in [-0.25, -0.2) is 0 Å². The molecule has 0 N–H and O–H groups in total. The molecule has 4 nitrogen and oxygen atoms in total. The molecule has 0 aromatic heterocycles. The van der Waals surface area contributed by atoms with Gasteiger partial charge in [-0.2, -0.15) is 0 Å². The van der Waals surface area contributed by atoms with Crippen molar-refractivity contribution >= 4 is 5.91 Å². The summed E-state index contributed by atoms with van der Waals surface area (Å²) in [5.41, 5.74) is 0. The second-order valence-electron chi connectivity index (χ2n) is 5.49. The van der Waals surface area contributed by atoms with E-state index in [1.165, 1.54) is 25.7 Å². The quantitative estimate of drug-likeness (QED) is 0.684. The monoisotopic (exact) mass is 238 g/mol. The number of carbonyl (C=O) groups is 1. The molecule has 17 heavy (non-hydrogen) atoms. The topological polar surface area (TPSA) is 36.1 Å². The number of likely N-dealkylation sites (tertiary alicyclic amines) is 2. The number of hydrogen-bond donors (Lipinski definition) is 0. The predicted octanol–water partition coefficient (Wildman–Crippen LogP) is 0.862. The van der Waals surface area contributed by atoms with E-state index in [2.05, 4.69) is 9.80 Å². The minimum absolute atomic E-state index is 0.144. The molecular weight excluding hydrogens is 216 g/mol. The molecule has 3 rings (SSSR count). The summed E-state index contributed by atoms with van der Waals surface area (Å²) in [6.07, 6.45) is 6.25. The zero-order valence-electron chi connectivity index (χ0n) is 10.4. The number of carbonyl (C=O) groups excluding carboxylic acids is 1. The largest absolute Gasteiger partial charge is 0.372 e. The summed E-state index contributed by atoms with van der Waals surface area (Å²) >= 11 is 0. The molecule has 0 radical (unpaired) electrons. The van der Waals surface area contributed by atoms with E-state index >= 15 is 0 Å². The first-order valence-electron chi connectivity index (χ1n) is 6.99. The maximum atomic E-state index is 12.5. The van der Waals surface area contributed by atoms with Crippen LogP contribution in [0, 0.1) is 0 Å². The standard InChI is InChI=1S/C13H22N2O2/c16-13(14-6-3-4-7-14)12-5-1-2-8-15(12)9-11-10-17-11/h11-12H,1-10H2. The van der Waals surface area contributed by atoms with Crippen molar-refractivity contribution in [2.24, 2.45) is 0 Å². The predicted molar refractivity (Wildman–Crippen MR) is 64.8 cm³/mol. The van der Waals surface area contributed by atoms with Crippen LogP contribution in [0.15, 0.2) is 0 Å². The molecule has 2 atom stereocenters. The van der Waals surface area contributed by atoms with Crippen LogP contribution in [-0.2, 0) is 9.53 Å². The molecule has 3 aliphatic heterocycles. The Bertz CT molecular complexity index is 285. The van der Waals surface area contributed by atoms with E-state index < -0.39 is 0 Å². The van der Waals surface area contributed by atoms with Crippen LogP contribution < -0.4 is 0 Å². The third-order valence-corrected chi connectivity index (χ3v) is 4.16. The molecule has 3 saturated heterocycles. The Morgan fingerprint density at radius 2 is 1.82 bits per heavy atom. The number of nitrogens with zero attached hydrogens (tertiary/aromatic N) is 2. The molecular formula is C13H22N2O2. The van der Waals surface area contributed by atoms with Crippen molar-refractivity contribution in [1.82, 2.24) is 9.80 Å². The highest BCUT2D eigenvalue weighted by Crippen LogP contribution is 2.23. The smallest absolute Gasteiger partial charge is 0.239 e. The van der Waals surface area contributed by atoms with Gasteiger partial charge in [0, 0.05) is 19.6 Å². The SMILES string of the molecule is O=C(C1CCCCN1CC1CO1)N1CCCC1. The summed E-state index contributed by atoms with van der Waals surface area (Å²) in [7, 11) is 0. The van der Waals surface area contributed by atoms with Crippen molar-refractivity contribution in [2.45, 2.75) is 44.2 Å². The summed E-state index contributed by atoms with van der Waals surface area (Å²) in [5, 5.41) is 0. The van der Waals surface area contributed by atoms with E-state index in [9.17, 15) is 4.79 Å². The molecule has 0 saturated carbocycles. The Labute approximate surface area is 103 Å². The summed E-state index contributed by atoms with van der Waals surface area (Å²) in [6.45, 7) is 4.88. The number of ether oxygens (including phenoxy) is 1. The maximum Gasteiger partial charge on any atom is 0.239 e. The number of rotatable bonds is 3. The zero-order chi connectivity index (χ0) is 11.7. The summed E-state index contributed by atoms with van der Waals surface area (Å²) in [5.74, 6) is 0.378. The van der Waals surface area contributed by atoms with Gasteiger partial charge in [0.25, 0.3) is 0 Å².